The number of nitrogens with one attached hydrogen (secondary N) is 2. The third-order valence-electron chi connectivity index (χ3n) is 4.17. The van der Waals surface area contributed by atoms with Crippen molar-refractivity contribution in [2.24, 2.45) is 0 Å². The van der Waals surface area contributed by atoms with Gasteiger partial charge >= 0.3 is 6.03 Å². The summed E-state index contributed by atoms with van der Waals surface area (Å²) in [6, 6.07) is 21.6. The van der Waals surface area contributed by atoms with Crippen molar-refractivity contribution in [3.63, 3.8) is 0 Å². The quantitative estimate of drug-likeness (QED) is 0.472. The number of benzene rings is 3. The molecule has 144 valence electrons. The molecular formula is C22H18N4O3. The normalized spacial score (nSPS) is 10.5. The second-order valence-electron chi connectivity index (χ2n) is 6.31. The van der Waals surface area contributed by atoms with E-state index in [0.717, 1.165) is 17.4 Å². The molecule has 4 aromatic rings. The molecule has 1 heterocycles. The molecule has 0 fully saturated rings. The molecule has 0 saturated heterocycles. The van der Waals surface area contributed by atoms with E-state index in [9.17, 15) is 9.59 Å². The molecule has 0 aliphatic heterocycles. The predicted molar refractivity (Wildman–Crippen MR) is 111 cm³/mol. The number of nitrogens with zero attached hydrogens (tertiary/aromatic N) is 2. The maximum Gasteiger partial charge on any atom is 0.323 e. The number of carbonyl (C=O) groups is 2. The number of hydrogen-bond donors (Lipinski definition) is 2. The van der Waals surface area contributed by atoms with E-state index < -0.39 is 0 Å². The van der Waals surface area contributed by atoms with E-state index in [4.69, 9.17) is 4.74 Å². The van der Waals surface area contributed by atoms with Crippen molar-refractivity contribution in [2.75, 3.05) is 10.6 Å². The Labute approximate surface area is 166 Å². The van der Waals surface area contributed by atoms with Gasteiger partial charge in [-0.1, -0.05) is 18.2 Å². The van der Waals surface area contributed by atoms with Crippen LogP contribution in [0.1, 0.15) is 0 Å². The predicted octanol–water partition coefficient (Wildman–Crippen LogP) is 4.67. The Hall–Kier alpha value is -4.13. The van der Waals surface area contributed by atoms with E-state index in [-0.39, 0.29) is 12.6 Å². The summed E-state index contributed by atoms with van der Waals surface area (Å²) in [5.74, 6) is 1.43. The van der Waals surface area contributed by atoms with Crippen molar-refractivity contribution in [3.8, 4) is 11.5 Å². The highest BCUT2D eigenvalue weighted by molar-refractivity contribution is 6.00. The molecular weight excluding hydrogens is 368 g/mol. The zero-order valence-electron chi connectivity index (χ0n) is 15.4. The van der Waals surface area contributed by atoms with Crippen LogP contribution in [0.15, 0.2) is 79.0 Å². The number of ether oxygens (including phenoxy) is 1. The van der Waals surface area contributed by atoms with Crippen molar-refractivity contribution < 1.29 is 14.3 Å². The van der Waals surface area contributed by atoms with Gasteiger partial charge < -0.3 is 20.2 Å². The SMILES string of the molecule is O=CCn1cc2ccc(NC(=O)Nc3ccc(Oc4ccccc4)cc3)cc2n1. The molecule has 29 heavy (non-hydrogen) atoms. The molecule has 7 nitrogen and oxygen atoms in total. The summed E-state index contributed by atoms with van der Waals surface area (Å²) in [5, 5.41) is 10.7. The lowest BCUT2D eigenvalue weighted by Crippen LogP contribution is -2.19. The number of anilines is 2. The van der Waals surface area contributed by atoms with Crippen LogP contribution in [0.4, 0.5) is 16.2 Å². The topological polar surface area (TPSA) is 85.2 Å². The molecule has 0 aliphatic carbocycles. The molecule has 3 aromatic carbocycles. The van der Waals surface area contributed by atoms with Crippen molar-refractivity contribution in [2.45, 2.75) is 6.54 Å². The molecule has 2 N–H and O–H groups in total. The summed E-state index contributed by atoms with van der Waals surface area (Å²) in [4.78, 5) is 22.9. The standard InChI is InChI=1S/C22H18N4O3/c27-13-12-26-15-16-6-7-18(14-21(16)25-26)24-22(28)23-17-8-10-20(11-9-17)29-19-4-2-1-3-5-19/h1-11,13-15H,12H2,(H2,23,24,28). The van der Waals surface area contributed by atoms with Crippen LogP contribution in [-0.4, -0.2) is 22.1 Å². The minimum atomic E-state index is -0.367. The first-order chi connectivity index (χ1) is 14.2. The van der Waals surface area contributed by atoms with Gasteiger partial charge in [-0.15, -0.1) is 0 Å². The fourth-order valence-electron chi connectivity index (χ4n) is 2.84. The average molecular weight is 386 g/mol. The molecule has 0 aliphatic rings. The van der Waals surface area contributed by atoms with Gasteiger partial charge in [0.25, 0.3) is 0 Å². The monoisotopic (exact) mass is 386 g/mol. The van der Waals surface area contributed by atoms with Crippen LogP contribution in [0.25, 0.3) is 10.9 Å². The number of aldehydes is 1. The second-order valence-corrected chi connectivity index (χ2v) is 6.31. The molecule has 0 atom stereocenters. The molecule has 0 spiro atoms. The van der Waals surface area contributed by atoms with Crippen molar-refractivity contribution in [3.05, 3.63) is 79.0 Å². The molecule has 7 heteroatoms. The highest BCUT2D eigenvalue weighted by Crippen LogP contribution is 2.23. The van der Waals surface area contributed by atoms with E-state index in [1.807, 2.05) is 36.4 Å². The number of hydrogen-bond acceptors (Lipinski definition) is 4. The van der Waals surface area contributed by atoms with Gasteiger partial charge in [0.2, 0.25) is 0 Å². The smallest absolute Gasteiger partial charge is 0.323 e. The highest BCUT2D eigenvalue weighted by atomic mass is 16.5. The van der Waals surface area contributed by atoms with E-state index in [0.29, 0.717) is 22.6 Å². The maximum atomic E-state index is 12.3. The Morgan fingerprint density at radius 1 is 0.931 bits per heavy atom. The first-order valence-electron chi connectivity index (χ1n) is 9.01. The van der Waals surface area contributed by atoms with E-state index >= 15 is 0 Å². The zero-order chi connectivity index (χ0) is 20.1. The second kappa shape index (κ2) is 8.26. The van der Waals surface area contributed by atoms with Crippen molar-refractivity contribution in [1.29, 1.82) is 0 Å². The van der Waals surface area contributed by atoms with E-state index in [1.54, 1.807) is 47.3 Å². The molecule has 4 rings (SSSR count). The lowest BCUT2D eigenvalue weighted by atomic mass is 10.2. The van der Waals surface area contributed by atoms with Gasteiger partial charge in [-0.05, 0) is 54.6 Å². The Bertz CT molecular complexity index is 1140. The minimum Gasteiger partial charge on any atom is -0.457 e. The van der Waals surface area contributed by atoms with Crippen LogP contribution in [0.3, 0.4) is 0 Å². The van der Waals surface area contributed by atoms with Gasteiger partial charge in [-0.2, -0.15) is 5.10 Å². The van der Waals surface area contributed by atoms with Gasteiger partial charge in [-0.3, -0.25) is 4.68 Å². The Balaban J connectivity index is 1.37. The van der Waals surface area contributed by atoms with Crippen molar-refractivity contribution >= 4 is 34.6 Å². The van der Waals surface area contributed by atoms with Gasteiger partial charge in [0.15, 0.2) is 0 Å². The fourth-order valence-corrected chi connectivity index (χ4v) is 2.84. The first-order valence-corrected chi connectivity index (χ1v) is 9.01. The van der Waals surface area contributed by atoms with Crippen LogP contribution in [0.2, 0.25) is 0 Å². The summed E-state index contributed by atoms with van der Waals surface area (Å²) >= 11 is 0. The fraction of sp³-hybridized carbons (Fsp3) is 0.0455. The number of urea groups is 1. The number of fused-ring (bicyclic) bond motifs is 1. The molecule has 0 radical (unpaired) electrons. The Kier molecular flexibility index (Phi) is 5.20. The molecule has 0 bridgehead atoms. The number of rotatable bonds is 6. The van der Waals surface area contributed by atoms with Crippen LogP contribution in [0, 0.1) is 0 Å². The van der Waals surface area contributed by atoms with Gasteiger partial charge in [-0.25, -0.2) is 4.79 Å². The maximum absolute atomic E-state index is 12.3. The summed E-state index contributed by atoms with van der Waals surface area (Å²) in [6.07, 6.45) is 2.57. The van der Waals surface area contributed by atoms with Gasteiger partial charge in [0.05, 0.1) is 12.1 Å². The van der Waals surface area contributed by atoms with Crippen LogP contribution >= 0.6 is 0 Å². The summed E-state index contributed by atoms with van der Waals surface area (Å²) in [6.45, 7) is 0.196. The third-order valence-corrected chi connectivity index (χ3v) is 4.17. The van der Waals surface area contributed by atoms with Crippen LogP contribution < -0.4 is 15.4 Å². The largest absolute Gasteiger partial charge is 0.457 e. The third kappa shape index (κ3) is 4.59. The average Bonchev–Trinajstić information content (AvgIpc) is 3.12. The molecule has 2 amide bonds. The summed E-state index contributed by atoms with van der Waals surface area (Å²) in [7, 11) is 0. The molecule has 0 unspecified atom stereocenters. The van der Waals surface area contributed by atoms with E-state index in [1.165, 1.54) is 0 Å². The minimum absolute atomic E-state index is 0.196. The first kappa shape index (κ1) is 18.2. The lowest BCUT2D eigenvalue weighted by Gasteiger charge is -2.09. The van der Waals surface area contributed by atoms with Gasteiger partial charge in [0.1, 0.15) is 17.8 Å². The van der Waals surface area contributed by atoms with E-state index in [2.05, 4.69) is 15.7 Å². The number of para-hydroxylation sites is 1. The Morgan fingerprint density at radius 3 is 2.38 bits per heavy atom. The van der Waals surface area contributed by atoms with Crippen LogP contribution in [-0.2, 0) is 11.3 Å². The number of aromatic nitrogens is 2. The van der Waals surface area contributed by atoms with Gasteiger partial charge in [0, 0.05) is 23.0 Å². The lowest BCUT2D eigenvalue weighted by molar-refractivity contribution is -0.108. The number of amides is 2. The summed E-state index contributed by atoms with van der Waals surface area (Å²) < 4.78 is 7.29. The highest BCUT2D eigenvalue weighted by Gasteiger charge is 2.06. The summed E-state index contributed by atoms with van der Waals surface area (Å²) in [5.41, 5.74) is 1.95. The van der Waals surface area contributed by atoms with Crippen molar-refractivity contribution in [1.82, 2.24) is 9.78 Å². The number of carbonyl (C=O) groups excluding carboxylic acids is 2. The molecule has 1 aromatic heterocycles. The Morgan fingerprint density at radius 2 is 1.62 bits per heavy atom. The zero-order valence-corrected chi connectivity index (χ0v) is 15.4. The van der Waals surface area contributed by atoms with Crippen LogP contribution in [0.5, 0.6) is 11.5 Å². The molecule has 0 saturated carbocycles.